The van der Waals surface area contributed by atoms with E-state index in [0.717, 1.165) is 70.6 Å². The van der Waals surface area contributed by atoms with E-state index in [9.17, 15) is 19.5 Å². The highest BCUT2D eigenvalue weighted by Gasteiger charge is 2.22. The molecule has 0 saturated carbocycles. The Labute approximate surface area is 545 Å². The number of carboxylic acid groups (broad SMARTS) is 1. The molecule has 0 aromatic carbocycles. The van der Waals surface area contributed by atoms with E-state index in [2.05, 4.69) is 86.8 Å². The Morgan fingerprint density at radius 3 is 0.966 bits per heavy atom. The molecule has 0 N–H and O–H groups in total. The molecule has 0 aliphatic carbocycles. The lowest BCUT2D eigenvalue weighted by Gasteiger charge is -2.26. The summed E-state index contributed by atoms with van der Waals surface area (Å²) < 4.78 is 22.9. The number of hydrogen-bond acceptors (Lipinski definition) is 8. The average molecular weight is 1240 g/mol. The summed E-state index contributed by atoms with van der Waals surface area (Å²) in [6.45, 7) is 4.70. The van der Waals surface area contributed by atoms with Gasteiger partial charge in [0.05, 0.1) is 40.3 Å². The number of unbranched alkanes of at least 4 members (excludes halogenated alkanes) is 43. The molecule has 0 rings (SSSR count). The predicted octanol–water partition coefficient (Wildman–Crippen LogP) is 22.3. The van der Waals surface area contributed by atoms with Gasteiger partial charge in [-0.15, -0.1) is 0 Å². The lowest BCUT2D eigenvalue weighted by atomic mass is 10.0. The van der Waals surface area contributed by atoms with Crippen LogP contribution in [0.25, 0.3) is 0 Å². The van der Waals surface area contributed by atoms with Crippen LogP contribution in [0.1, 0.15) is 354 Å². The summed E-state index contributed by atoms with van der Waals surface area (Å²) in [6.07, 6.45) is 90.0. The minimum Gasteiger partial charge on any atom is -0.545 e. The summed E-state index contributed by atoms with van der Waals surface area (Å²) in [7, 11) is 5.94. The van der Waals surface area contributed by atoms with E-state index in [1.807, 2.05) is 21.1 Å². The number of ether oxygens (including phenoxy) is 4. The van der Waals surface area contributed by atoms with Crippen molar-refractivity contribution >= 4 is 17.9 Å². The van der Waals surface area contributed by atoms with Crippen LogP contribution >= 0.6 is 0 Å². The topological polar surface area (TPSA) is 111 Å². The molecule has 2 unspecified atom stereocenters. The Morgan fingerprint density at radius 2 is 0.648 bits per heavy atom. The fourth-order valence-electron chi connectivity index (χ4n) is 11.0. The van der Waals surface area contributed by atoms with E-state index in [-0.39, 0.29) is 32.2 Å². The van der Waals surface area contributed by atoms with Gasteiger partial charge in [0.25, 0.3) is 0 Å². The lowest BCUT2D eigenvalue weighted by Crippen LogP contribution is -2.44. The molecule has 0 saturated heterocycles. The Bertz CT molecular complexity index is 1680. The molecule has 0 bridgehead atoms. The average Bonchev–Trinajstić information content (AvgIpc) is 3.54. The second kappa shape index (κ2) is 69.6. The van der Waals surface area contributed by atoms with Crippen LogP contribution in [-0.2, 0) is 33.3 Å². The van der Waals surface area contributed by atoms with Crippen LogP contribution in [0.4, 0.5) is 0 Å². The first-order valence-electron chi connectivity index (χ1n) is 37.6. The number of carbonyl (C=O) groups is 3. The molecule has 0 fully saturated rings. The Balaban J connectivity index is 4.04. The number of carboxylic acids is 1. The van der Waals surface area contributed by atoms with Crippen LogP contribution in [0.15, 0.2) is 72.9 Å². The first-order valence-corrected chi connectivity index (χ1v) is 37.6. The van der Waals surface area contributed by atoms with Gasteiger partial charge in [0.1, 0.15) is 13.2 Å². The number of allylic oxidation sites excluding steroid dienone is 12. The fraction of sp³-hybridized carbons (Fsp3) is 0.810. The highest BCUT2D eigenvalue weighted by molar-refractivity contribution is 5.70. The van der Waals surface area contributed by atoms with E-state index in [4.69, 9.17) is 18.9 Å². The second-order valence-electron chi connectivity index (χ2n) is 26.6. The van der Waals surface area contributed by atoms with E-state index in [1.54, 1.807) is 0 Å². The van der Waals surface area contributed by atoms with Gasteiger partial charge < -0.3 is 33.3 Å². The van der Waals surface area contributed by atoms with Crippen molar-refractivity contribution in [2.45, 2.75) is 367 Å². The number of quaternary nitrogens is 1. The molecule has 0 aromatic heterocycles. The Kier molecular flexibility index (Phi) is 67.0. The molecule has 512 valence electrons. The van der Waals surface area contributed by atoms with Gasteiger partial charge in [-0.25, -0.2) is 0 Å². The molecule has 9 heteroatoms. The van der Waals surface area contributed by atoms with Crippen LogP contribution in [-0.4, -0.2) is 82.3 Å². The normalized spacial score (nSPS) is 13.1. The third-order valence-electron chi connectivity index (χ3n) is 16.7. The first kappa shape index (κ1) is 84.7. The maximum Gasteiger partial charge on any atom is 0.306 e. The number of nitrogens with zero attached hydrogens (tertiary/aromatic N) is 1. The summed E-state index contributed by atoms with van der Waals surface area (Å²) in [5.41, 5.74) is 0. The van der Waals surface area contributed by atoms with Gasteiger partial charge in [-0.1, -0.05) is 350 Å². The smallest absolute Gasteiger partial charge is 0.306 e. The van der Waals surface area contributed by atoms with E-state index in [1.165, 1.54) is 250 Å². The third-order valence-corrected chi connectivity index (χ3v) is 16.7. The van der Waals surface area contributed by atoms with Crippen LogP contribution in [0.3, 0.4) is 0 Å². The van der Waals surface area contributed by atoms with Crippen molar-refractivity contribution in [1.29, 1.82) is 0 Å². The van der Waals surface area contributed by atoms with Crippen molar-refractivity contribution in [3.05, 3.63) is 72.9 Å². The number of carbonyl (C=O) groups excluding carboxylic acids is 3. The van der Waals surface area contributed by atoms with Crippen molar-refractivity contribution in [1.82, 2.24) is 0 Å². The summed E-state index contributed by atoms with van der Waals surface area (Å²) >= 11 is 0. The van der Waals surface area contributed by atoms with Crippen molar-refractivity contribution in [2.24, 2.45) is 0 Å². The van der Waals surface area contributed by atoms with Gasteiger partial charge in [-0.3, -0.25) is 9.59 Å². The minimum absolute atomic E-state index is 0.149. The molecule has 0 spiro atoms. The molecule has 0 amide bonds. The summed E-state index contributed by atoms with van der Waals surface area (Å²) in [5.74, 6) is -2.26. The Hall–Kier alpha value is -3.27. The standard InChI is InChI=1S/C79H143NO8/c1-6-8-10-12-14-16-18-20-22-24-26-28-30-32-34-36-37-38-39-40-41-42-44-46-48-50-52-54-56-58-60-62-64-66-68-70-77(82)88-75(74-87-79(78(83)84)85-72-71-80(3,4)5)73-86-76(81)69-67-65-63-61-59-57-55-53-51-49-47-45-43-35-33-31-29-27-25-23-21-19-17-15-13-11-9-7-2/h8,10,14,16,20,22,26,28,32,34,37-38,75,79H,6-7,9,11-13,15,17-19,21,23-25,27,29-31,33,35-36,39-74H2,1-5H3/b10-8-,16-14-,22-20-,28-26-,34-32-,38-37-. The van der Waals surface area contributed by atoms with Gasteiger partial charge in [0.2, 0.25) is 0 Å². The van der Waals surface area contributed by atoms with E-state index >= 15 is 0 Å². The SMILES string of the molecule is CC/C=C\C/C=C\C/C=C\C/C=C\C/C=C\C/C=C\CCCCCCCCCCCCCCCCCCC(=O)OC(COC(=O)CCCCCCCCCCCCCCCCCCCCCCCCCCCCCC)COC(OCC[N+](C)(C)C)C(=O)[O-]. The zero-order chi connectivity index (χ0) is 64.0. The molecule has 88 heavy (non-hydrogen) atoms. The predicted molar refractivity (Wildman–Crippen MR) is 375 cm³/mol. The number of rotatable bonds is 70. The molecular weight excluding hydrogens is 1090 g/mol. The largest absolute Gasteiger partial charge is 0.545 e. The van der Waals surface area contributed by atoms with Crippen LogP contribution in [0.5, 0.6) is 0 Å². The highest BCUT2D eigenvalue weighted by atomic mass is 16.7. The van der Waals surface area contributed by atoms with Crippen molar-refractivity contribution < 1.29 is 42.9 Å². The van der Waals surface area contributed by atoms with E-state index < -0.39 is 24.3 Å². The van der Waals surface area contributed by atoms with Crippen LogP contribution in [0, 0.1) is 0 Å². The summed E-state index contributed by atoms with van der Waals surface area (Å²) in [5, 5.41) is 11.8. The van der Waals surface area contributed by atoms with Crippen molar-refractivity contribution in [3.63, 3.8) is 0 Å². The first-order chi connectivity index (χ1) is 43.1. The summed E-state index contributed by atoms with van der Waals surface area (Å²) in [4.78, 5) is 37.6. The van der Waals surface area contributed by atoms with Gasteiger partial charge >= 0.3 is 11.9 Å². The highest BCUT2D eigenvalue weighted by Crippen LogP contribution is 2.19. The molecule has 0 heterocycles. The monoisotopic (exact) mass is 1230 g/mol. The minimum atomic E-state index is -1.62. The van der Waals surface area contributed by atoms with Gasteiger partial charge in [0, 0.05) is 12.8 Å². The summed E-state index contributed by atoms with van der Waals surface area (Å²) in [6, 6.07) is 0. The zero-order valence-corrected chi connectivity index (χ0v) is 58.6. The maximum absolute atomic E-state index is 13.0. The van der Waals surface area contributed by atoms with Gasteiger partial charge in [-0.05, 0) is 64.2 Å². The fourth-order valence-corrected chi connectivity index (χ4v) is 11.0. The molecule has 0 aliphatic rings. The molecule has 0 radical (unpaired) electrons. The van der Waals surface area contributed by atoms with E-state index in [0.29, 0.717) is 23.9 Å². The number of hydrogen-bond donors (Lipinski definition) is 0. The molecule has 0 aliphatic heterocycles. The third kappa shape index (κ3) is 70.2. The van der Waals surface area contributed by atoms with Gasteiger partial charge in [0.15, 0.2) is 12.4 Å². The van der Waals surface area contributed by atoms with Crippen molar-refractivity contribution in [3.8, 4) is 0 Å². The number of aliphatic carboxylic acids is 1. The number of esters is 2. The second-order valence-corrected chi connectivity index (χ2v) is 26.6. The zero-order valence-electron chi connectivity index (χ0n) is 58.6. The number of likely N-dealkylation sites (N-methyl/N-ethyl adjacent to an activating group) is 1. The maximum atomic E-state index is 13.0. The van der Waals surface area contributed by atoms with Crippen molar-refractivity contribution in [2.75, 3.05) is 47.5 Å². The lowest BCUT2D eigenvalue weighted by molar-refractivity contribution is -0.870. The van der Waals surface area contributed by atoms with Crippen LogP contribution < -0.4 is 5.11 Å². The molecule has 2 atom stereocenters. The molecular formula is C79H143NO8. The molecule has 9 nitrogen and oxygen atoms in total. The molecule has 0 aromatic rings. The van der Waals surface area contributed by atoms with Gasteiger partial charge in [-0.2, -0.15) is 0 Å². The quantitative estimate of drug-likeness (QED) is 0.0195. The Morgan fingerprint density at radius 1 is 0.352 bits per heavy atom. The van der Waals surface area contributed by atoms with Crippen LogP contribution in [0.2, 0.25) is 0 Å².